The van der Waals surface area contributed by atoms with Crippen LogP contribution in [0.2, 0.25) is 4.34 Å². The molecule has 1 unspecified atom stereocenters. The van der Waals surface area contributed by atoms with Gasteiger partial charge in [-0.3, -0.25) is 9.59 Å². The smallest absolute Gasteiger partial charge is 0.247 e. The summed E-state index contributed by atoms with van der Waals surface area (Å²) in [7, 11) is 0. The quantitative estimate of drug-likeness (QED) is 0.869. The van der Waals surface area contributed by atoms with E-state index in [-0.39, 0.29) is 17.9 Å². The molecule has 1 aliphatic rings. The van der Waals surface area contributed by atoms with Gasteiger partial charge in [-0.15, -0.1) is 11.3 Å². The summed E-state index contributed by atoms with van der Waals surface area (Å²) in [6, 6.07) is 3.29. The Morgan fingerprint density at radius 2 is 2.42 bits per heavy atom. The largest absolute Gasteiger partial charge is 0.353 e. The van der Waals surface area contributed by atoms with Gasteiger partial charge >= 0.3 is 0 Å². The van der Waals surface area contributed by atoms with Crippen molar-refractivity contribution in [2.24, 2.45) is 0 Å². The second-order valence-corrected chi connectivity index (χ2v) is 5.97. The number of rotatable bonds is 3. The summed E-state index contributed by atoms with van der Waals surface area (Å²) in [6.45, 7) is 2.97. The number of thiophene rings is 1. The number of piperazine rings is 1. The monoisotopic (exact) mass is 298 g/mol. The molecule has 1 atom stereocenters. The standard InChI is InChI=1S/C13H15ClN2O2S/c1-2-10-13(18)15-7-8-16(10)12(17)6-4-9-3-5-11(14)19-9/h3-6,10H,2,7-8H2,1H3,(H,15,18). The summed E-state index contributed by atoms with van der Waals surface area (Å²) in [5, 5.41) is 2.77. The molecule has 0 aromatic carbocycles. The van der Waals surface area contributed by atoms with Crippen molar-refractivity contribution >= 4 is 40.8 Å². The van der Waals surface area contributed by atoms with E-state index in [1.807, 2.05) is 13.0 Å². The third-order valence-electron chi connectivity index (χ3n) is 2.98. The van der Waals surface area contributed by atoms with Gasteiger partial charge in [0.15, 0.2) is 0 Å². The van der Waals surface area contributed by atoms with Gasteiger partial charge in [0.2, 0.25) is 11.8 Å². The number of amides is 2. The van der Waals surface area contributed by atoms with Gasteiger partial charge in [0.05, 0.1) is 4.34 Å². The molecular weight excluding hydrogens is 284 g/mol. The Bertz CT molecular complexity index is 512. The fraction of sp³-hybridized carbons (Fsp3) is 0.385. The molecule has 1 aliphatic heterocycles. The average Bonchev–Trinajstić information content (AvgIpc) is 2.81. The summed E-state index contributed by atoms with van der Waals surface area (Å²) >= 11 is 7.24. The molecule has 2 heterocycles. The molecule has 2 amide bonds. The lowest BCUT2D eigenvalue weighted by atomic mass is 10.1. The normalized spacial score (nSPS) is 19.8. The van der Waals surface area contributed by atoms with Crippen molar-refractivity contribution in [1.29, 1.82) is 0 Å². The zero-order valence-electron chi connectivity index (χ0n) is 10.6. The van der Waals surface area contributed by atoms with Crippen molar-refractivity contribution in [1.82, 2.24) is 10.2 Å². The molecule has 2 rings (SSSR count). The minimum absolute atomic E-state index is 0.0744. The van der Waals surface area contributed by atoms with E-state index in [0.29, 0.717) is 23.8 Å². The first-order valence-corrected chi connectivity index (χ1v) is 7.33. The predicted octanol–water partition coefficient (Wildman–Crippen LogP) is 2.15. The Morgan fingerprint density at radius 1 is 1.63 bits per heavy atom. The molecule has 0 aliphatic carbocycles. The van der Waals surface area contributed by atoms with Crippen LogP contribution >= 0.6 is 22.9 Å². The SMILES string of the molecule is CCC1C(=O)NCCN1C(=O)C=Cc1ccc(Cl)s1. The molecule has 1 aromatic heterocycles. The summed E-state index contributed by atoms with van der Waals surface area (Å²) in [6.07, 6.45) is 3.86. The molecular formula is C13H15ClN2O2S. The highest BCUT2D eigenvalue weighted by atomic mass is 35.5. The number of carbonyl (C=O) groups is 2. The van der Waals surface area contributed by atoms with E-state index in [1.54, 1.807) is 17.0 Å². The molecule has 0 spiro atoms. The van der Waals surface area contributed by atoms with E-state index in [9.17, 15) is 9.59 Å². The Balaban J connectivity index is 2.06. The Hall–Kier alpha value is -1.33. The van der Waals surface area contributed by atoms with E-state index >= 15 is 0 Å². The van der Waals surface area contributed by atoms with Crippen molar-refractivity contribution in [3.63, 3.8) is 0 Å². The Labute approximate surface area is 121 Å². The summed E-state index contributed by atoms with van der Waals surface area (Å²) in [4.78, 5) is 26.3. The maximum atomic E-state index is 12.1. The van der Waals surface area contributed by atoms with Gasteiger partial charge in [-0.1, -0.05) is 18.5 Å². The van der Waals surface area contributed by atoms with Crippen molar-refractivity contribution in [2.75, 3.05) is 13.1 Å². The van der Waals surface area contributed by atoms with Gasteiger partial charge in [0.1, 0.15) is 6.04 Å². The lowest BCUT2D eigenvalue weighted by Gasteiger charge is -2.33. The first-order chi connectivity index (χ1) is 9.11. The fourth-order valence-corrected chi connectivity index (χ4v) is 3.01. The summed E-state index contributed by atoms with van der Waals surface area (Å²) < 4.78 is 0.691. The molecule has 1 fully saturated rings. The van der Waals surface area contributed by atoms with Gasteiger partial charge in [0, 0.05) is 24.0 Å². The van der Waals surface area contributed by atoms with Crippen LogP contribution in [-0.4, -0.2) is 35.8 Å². The highest BCUT2D eigenvalue weighted by molar-refractivity contribution is 7.17. The molecule has 0 saturated carbocycles. The number of halogens is 1. The zero-order chi connectivity index (χ0) is 13.8. The van der Waals surface area contributed by atoms with Gasteiger partial charge in [-0.2, -0.15) is 0 Å². The highest BCUT2D eigenvalue weighted by Gasteiger charge is 2.30. The van der Waals surface area contributed by atoms with E-state index in [4.69, 9.17) is 11.6 Å². The van der Waals surface area contributed by atoms with Crippen LogP contribution in [-0.2, 0) is 9.59 Å². The van der Waals surface area contributed by atoms with E-state index in [1.165, 1.54) is 17.4 Å². The van der Waals surface area contributed by atoms with Gasteiger partial charge in [-0.05, 0) is 24.6 Å². The van der Waals surface area contributed by atoms with Crippen LogP contribution in [0.3, 0.4) is 0 Å². The van der Waals surface area contributed by atoms with Gasteiger partial charge < -0.3 is 10.2 Å². The lowest BCUT2D eigenvalue weighted by Crippen LogP contribution is -2.56. The van der Waals surface area contributed by atoms with Crippen LogP contribution in [0.1, 0.15) is 18.2 Å². The van der Waals surface area contributed by atoms with Crippen LogP contribution in [0.25, 0.3) is 6.08 Å². The third-order valence-corrected chi connectivity index (χ3v) is 4.18. The fourth-order valence-electron chi connectivity index (χ4n) is 2.05. The maximum Gasteiger partial charge on any atom is 0.247 e. The summed E-state index contributed by atoms with van der Waals surface area (Å²) in [5.74, 6) is -0.208. The topological polar surface area (TPSA) is 49.4 Å². The van der Waals surface area contributed by atoms with Crippen LogP contribution in [0.5, 0.6) is 0 Å². The predicted molar refractivity (Wildman–Crippen MR) is 77.2 cm³/mol. The molecule has 4 nitrogen and oxygen atoms in total. The molecule has 6 heteroatoms. The van der Waals surface area contributed by atoms with Crippen LogP contribution in [0.15, 0.2) is 18.2 Å². The Kier molecular flexibility index (Phi) is 4.61. The number of hydrogen-bond donors (Lipinski definition) is 1. The van der Waals surface area contributed by atoms with Gasteiger partial charge in [-0.25, -0.2) is 0 Å². The maximum absolute atomic E-state index is 12.1. The van der Waals surface area contributed by atoms with Crippen LogP contribution < -0.4 is 5.32 Å². The molecule has 1 saturated heterocycles. The van der Waals surface area contributed by atoms with Crippen LogP contribution in [0.4, 0.5) is 0 Å². The summed E-state index contributed by atoms with van der Waals surface area (Å²) in [5.41, 5.74) is 0. The van der Waals surface area contributed by atoms with Crippen molar-refractivity contribution < 1.29 is 9.59 Å². The first kappa shape index (κ1) is 14.1. The average molecular weight is 299 g/mol. The lowest BCUT2D eigenvalue weighted by molar-refractivity contribution is -0.140. The van der Waals surface area contributed by atoms with E-state index in [0.717, 1.165) is 4.88 Å². The van der Waals surface area contributed by atoms with E-state index in [2.05, 4.69) is 5.32 Å². The molecule has 0 radical (unpaired) electrons. The highest BCUT2D eigenvalue weighted by Crippen LogP contribution is 2.22. The van der Waals surface area contributed by atoms with E-state index < -0.39 is 0 Å². The minimum atomic E-state index is -0.363. The van der Waals surface area contributed by atoms with Crippen LogP contribution in [0, 0.1) is 0 Å². The molecule has 102 valence electrons. The van der Waals surface area contributed by atoms with Crippen molar-refractivity contribution in [2.45, 2.75) is 19.4 Å². The third kappa shape index (κ3) is 3.36. The second kappa shape index (κ2) is 6.21. The number of nitrogens with zero attached hydrogens (tertiary/aromatic N) is 1. The van der Waals surface area contributed by atoms with Crippen molar-refractivity contribution in [3.8, 4) is 0 Å². The number of nitrogens with one attached hydrogen (secondary N) is 1. The zero-order valence-corrected chi connectivity index (χ0v) is 12.1. The molecule has 1 N–H and O–H groups in total. The molecule has 19 heavy (non-hydrogen) atoms. The number of hydrogen-bond acceptors (Lipinski definition) is 3. The number of carbonyl (C=O) groups excluding carboxylic acids is 2. The second-order valence-electron chi connectivity index (χ2n) is 4.22. The molecule has 0 bridgehead atoms. The first-order valence-electron chi connectivity index (χ1n) is 6.13. The minimum Gasteiger partial charge on any atom is -0.353 e. The van der Waals surface area contributed by atoms with Crippen molar-refractivity contribution in [3.05, 3.63) is 27.4 Å². The Morgan fingerprint density at radius 3 is 3.05 bits per heavy atom. The van der Waals surface area contributed by atoms with Gasteiger partial charge in [0.25, 0.3) is 0 Å². The molecule has 1 aromatic rings.